The maximum absolute atomic E-state index is 13.3. The van der Waals surface area contributed by atoms with E-state index in [0.717, 1.165) is 25.0 Å². The minimum absolute atomic E-state index is 0.109. The van der Waals surface area contributed by atoms with Gasteiger partial charge in [0.25, 0.3) is 5.91 Å². The van der Waals surface area contributed by atoms with Gasteiger partial charge < -0.3 is 20.6 Å². The Labute approximate surface area is 183 Å². The monoisotopic (exact) mass is 449 g/mol. The van der Waals surface area contributed by atoms with Crippen LogP contribution in [0.15, 0.2) is 24.3 Å². The van der Waals surface area contributed by atoms with Crippen LogP contribution in [0.5, 0.6) is 0 Å². The molecule has 2 heterocycles. The highest BCUT2D eigenvalue weighted by Crippen LogP contribution is 2.20. The molecule has 2 unspecified atom stereocenters. The number of nitrogens with one attached hydrogen (secondary N) is 3. The Bertz CT molecular complexity index is 976. The first-order chi connectivity index (χ1) is 15.3. The molecule has 0 aliphatic carbocycles. The summed E-state index contributed by atoms with van der Waals surface area (Å²) in [5, 5.41) is 20.9. The number of hydrogen-bond acceptors (Lipinski definition) is 5. The van der Waals surface area contributed by atoms with E-state index in [1.165, 1.54) is 6.07 Å². The van der Waals surface area contributed by atoms with E-state index in [1.54, 1.807) is 11.8 Å². The van der Waals surface area contributed by atoms with Gasteiger partial charge in [-0.1, -0.05) is 6.92 Å². The number of H-pyrrole nitrogens is 1. The largest absolute Gasteiger partial charge is 0.394 e. The fraction of sp³-hybridized carbons (Fsp3) is 0.429. The van der Waals surface area contributed by atoms with Crippen LogP contribution in [-0.4, -0.2) is 63.2 Å². The summed E-state index contributed by atoms with van der Waals surface area (Å²) in [6.07, 6.45) is 1.49. The van der Waals surface area contributed by atoms with Crippen LogP contribution in [0.4, 0.5) is 14.6 Å². The lowest BCUT2D eigenvalue weighted by atomic mass is 10.1. The van der Waals surface area contributed by atoms with E-state index in [4.69, 9.17) is 0 Å². The lowest BCUT2D eigenvalue weighted by molar-refractivity contribution is -0.126. The van der Waals surface area contributed by atoms with Gasteiger partial charge in [-0.3, -0.25) is 19.5 Å². The molecule has 0 spiro atoms. The number of likely N-dealkylation sites (tertiary alicyclic amines) is 1. The molecule has 1 aromatic heterocycles. The molecule has 32 heavy (non-hydrogen) atoms. The number of halogens is 2. The van der Waals surface area contributed by atoms with Crippen LogP contribution in [0, 0.1) is 11.6 Å². The fourth-order valence-electron chi connectivity index (χ4n) is 3.65. The van der Waals surface area contributed by atoms with Crippen LogP contribution < -0.4 is 10.6 Å². The highest BCUT2D eigenvalue weighted by Gasteiger charge is 2.30. The van der Waals surface area contributed by atoms with E-state index in [9.17, 15) is 28.3 Å². The fourth-order valence-corrected chi connectivity index (χ4v) is 3.65. The van der Waals surface area contributed by atoms with Crippen LogP contribution in [0.3, 0.4) is 0 Å². The van der Waals surface area contributed by atoms with Crippen molar-refractivity contribution in [3.8, 4) is 0 Å². The van der Waals surface area contributed by atoms with E-state index in [2.05, 4.69) is 20.8 Å². The van der Waals surface area contributed by atoms with Gasteiger partial charge in [-0.15, -0.1) is 0 Å². The first-order valence-corrected chi connectivity index (χ1v) is 10.3. The second kappa shape index (κ2) is 10.3. The summed E-state index contributed by atoms with van der Waals surface area (Å²) in [6, 6.07) is 3.04. The van der Waals surface area contributed by atoms with Gasteiger partial charge in [0.15, 0.2) is 5.82 Å². The quantitative estimate of drug-likeness (QED) is 0.484. The van der Waals surface area contributed by atoms with Crippen molar-refractivity contribution in [2.24, 2.45) is 0 Å². The third kappa shape index (κ3) is 5.67. The van der Waals surface area contributed by atoms with Gasteiger partial charge in [0.05, 0.1) is 19.1 Å². The van der Waals surface area contributed by atoms with Crippen LogP contribution >= 0.6 is 0 Å². The summed E-state index contributed by atoms with van der Waals surface area (Å²) in [5.41, 5.74) is 0.319. The molecule has 3 amide bonds. The number of rotatable bonds is 8. The molecule has 11 heteroatoms. The molecule has 4 N–H and O–H groups in total. The molecule has 1 saturated heterocycles. The lowest BCUT2D eigenvalue weighted by Gasteiger charge is -2.21. The van der Waals surface area contributed by atoms with Crippen molar-refractivity contribution in [1.82, 2.24) is 20.4 Å². The Kier molecular flexibility index (Phi) is 7.52. The SMILES string of the molecule is CCC(NC(=O)Cc1cc(F)cc(F)c1)C(=O)Nc1cc(C(=O)N2CCCC2CO)[nH]n1. The third-order valence-electron chi connectivity index (χ3n) is 5.26. The van der Waals surface area contributed by atoms with E-state index >= 15 is 0 Å². The standard InChI is InChI=1S/C21H25F2N5O4/c1-2-16(24-19(30)8-12-6-13(22)9-14(23)7-12)20(31)25-18-10-17(26-27-18)21(32)28-5-3-4-15(28)11-29/h6-7,9-10,15-16,29H,2-5,8,11H2,1H3,(H,24,30)(H2,25,26,27,31). The summed E-state index contributed by atoms with van der Waals surface area (Å²) in [5.74, 6) is -2.92. The Hall–Kier alpha value is -3.34. The molecule has 2 aromatic rings. The Morgan fingerprint density at radius 3 is 2.62 bits per heavy atom. The normalized spacial score (nSPS) is 16.6. The molecule has 1 aliphatic heterocycles. The molecule has 0 saturated carbocycles. The Morgan fingerprint density at radius 2 is 1.97 bits per heavy atom. The molecule has 3 rings (SSSR count). The number of amides is 3. The summed E-state index contributed by atoms with van der Waals surface area (Å²) in [6.45, 7) is 2.10. The summed E-state index contributed by atoms with van der Waals surface area (Å²) >= 11 is 0. The molecule has 2 atom stereocenters. The number of aliphatic hydroxyl groups excluding tert-OH is 1. The topological polar surface area (TPSA) is 127 Å². The Morgan fingerprint density at radius 1 is 1.25 bits per heavy atom. The first-order valence-electron chi connectivity index (χ1n) is 10.3. The van der Waals surface area contributed by atoms with Gasteiger partial charge in [0, 0.05) is 18.7 Å². The van der Waals surface area contributed by atoms with E-state index in [1.807, 2.05) is 0 Å². The van der Waals surface area contributed by atoms with Crippen molar-refractivity contribution in [2.45, 2.75) is 44.7 Å². The number of aromatic amines is 1. The minimum atomic E-state index is -0.908. The van der Waals surface area contributed by atoms with Gasteiger partial charge >= 0.3 is 0 Å². The lowest BCUT2D eigenvalue weighted by Crippen LogP contribution is -2.44. The van der Waals surface area contributed by atoms with Crippen molar-refractivity contribution in [2.75, 3.05) is 18.5 Å². The van der Waals surface area contributed by atoms with Crippen molar-refractivity contribution in [3.05, 3.63) is 47.2 Å². The van der Waals surface area contributed by atoms with Crippen LogP contribution in [0.25, 0.3) is 0 Å². The number of carbonyl (C=O) groups is 3. The smallest absolute Gasteiger partial charge is 0.272 e. The molecule has 1 fully saturated rings. The predicted octanol–water partition coefficient (Wildman–Crippen LogP) is 1.36. The van der Waals surface area contributed by atoms with E-state index < -0.39 is 29.5 Å². The second-order valence-corrected chi connectivity index (χ2v) is 7.62. The van der Waals surface area contributed by atoms with Gasteiger partial charge in [-0.05, 0) is 37.0 Å². The number of carbonyl (C=O) groups excluding carboxylic acids is 3. The number of aromatic nitrogens is 2. The minimum Gasteiger partial charge on any atom is -0.394 e. The maximum Gasteiger partial charge on any atom is 0.272 e. The first kappa shape index (κ1) is 23.3. The molecule has 172 valence electrons. The van der Waals surface area contributed by atoms with Crippen LogP contribution in [-0.2, 0) is 16.0 Å². The zero-order chi connectivity index (χ0) is 23.3. The average molecular weight is 449 g/mol. The number of hydrogen-bond donors (Lipinski definition) is 4. The third-order valence-corrected chi connectivity index (χ3v) is 5.26. The van der Waals surface area contributed by atoms with Crippen molar-refractivity contribution in [1.29, 1.82) is 0 Å². The van der Waals surface area contributed by atoms with Crippen LogP contribution in [0.1, 0.15) is 42.2 Å². The van der Waals surface area contributed by atoms with Crippen molar-refractivity contribution in [3.63, 3.8) is 0 Å². The number of anilines is 1. The molecule has 0 radical (unpaired) electrons. The Balaban J connectivity index is 1.58. The van der Waals surface area contributed by atoms with E-state index in [0.29, 0.717) is 12.6 Å². The molecule has 9 nitrogen and oxygen atoms in total. The predicted molar refractivity (Wildman–Crippen MR) is 111 cm³/mol. The summed E-state index contributed by atoms with van der Waals surface area (Å²) in [7, 11) is 0. The molecular weight excluding hydrogens is 424 g/mol. The highest BCUT2D eigenvalue weighted by atomic mass is 19.1. The van der Waals surface area contributed by atoms with Gasteiger partial charge in [-0.25, -0.2) is 8.78 Å². The van der Waals surface area contributed by atoms with Crippen molar-refractivity contribution < 1.29 is 28.3 Å². The van der Waals surface area contributed by atoms with Crippen LogP contribution in [0.2, 0.25) is 0 Å². The molecular formula is C21H25F2N5O4. The molecule has 1 aromatic carbocycles. The average Bonchev–Trinajstić information content (AvgIpc) is 3.40. The van der Waals surface area contributed by atoms with Gasteiger partial charge in [0.1, 0.15) is 23.4 Å². The zero-order valence-electron chi connectivity index (χ0n) is 17.5. The maximum atomic E-state index is 13.3. The second-order valence-electron chi connectivity index (χ2n) is 7.62. The number of benzene rings is 1. The molecule has 0 bridgehead atoms. The number of aliphatic hydroxyl groups is 1. The van der Waals surface area contributed by atoms with E-state index in [-0.39, 0.29) is 48.5 Å². The summed E-state index contributed by atoms with van der Waals surface area (Å²) in [4.78, 5) is 38.9. The van der Waals surface area contributed by atoms with Gasteiger partial charge in [0.2, 0.25) is 11.8 Å². The molecule has 1 aliphatic rings. The number of nitrogens with zero attached hydrogens (tertiary/aromatic N) is 2. The highest BCUT2D eigenvalue weighted by molar-refractivity contribution is 5.98. The summed E-state index contributed by atoms with van der Waals surface area (Å²) < 4.78 is 26.6. The van der Waals surface area contributed by atoms with Gasteiger partial charge in [-0.2, -0.15) is 5.10 Å². The zero-order valence-corrected chi connectivity index (χ0v) is 17.5. The van der Waals surface area contributed by atoms with Crippen molar-refractivity contribution >= 4 is 23.5 Å².